The average Bonchev–Trinajstić information content (AvgIpc) is 2.94. The van der Waals surface area contributed by atoms with Crippen molar-refractivity contribution >= 4 is 29.0 Å². The van der Waals surface area contributed by atoms with E-state index in [9.17, 15) is 23.6 Å². The number of ketones is 1. The van der Waals surface area contributed by atoms with Crippen LogP contribution < -0.4 is 15.8 Å². The predicted octanol–water partition coefficient (Wildman–Crippen LogP) is 3.67. The zero-order chi connectivity index (χ0) is 27.1. The van der Waals surface area contributed by atoms with Crippen LogP contribution >= 0.6 is 0 Å². The Morgan fingerprint density at radius 3 is 2.38 bits per heavy atom. The molecule has 0 spiro atoms. The van der Waals surface area contributed by atoms with Crippen molar-refractivity contribution in [3.8, 4) is 0 Å². The Labute approximate surface area is 225 Å². The highest BCUT2D eigenvalue weighted by Crippen LogP contribution is 2.39. The van der Waals surface area contributed by atoms with Gasteiger partial charge in [-0.05, 0) is 60.9 Å². The van der Waals surface area contributed by atoms with E-state index in [1.807, 2.05) is 16.7 Å². The second kappa shape index (κ2) is 10.1. The van der Waals surface area contributed by atoms with Crippen LogP contribution in [0.5, 0.6) is 0 Å². The van der Waals surface area contributed by atoms with E-state index in [2.05, 4.69) is 10.2 Å². The quantitative estimate of drug-likeness (QED) is 0.558. The van der Waals surface area contributed by atoms with Gasteiger partial charge in [-0.15, -0.1) is 0 Å². The number of carbonyl (C=O) groups excluding carboxylic acids is 3. The van der Waals surface area contributed by atoms with Crippen molar-refractivity contribution < 1.29 is 18.8 Å². The second-order valence-electron chi connectivity index (χ2n) is 10.6. The van der Waals surface area contributed by atoms with Crippen LogP contribution in [0.25, 0.3) is 0 Å². The lowest BCUT2D eigenvalue weighted by Gasteiger charge is -2.44. The van der Waals surface area contributed by atoms with Gasteiger partial charge in [0.1, 0.15) is 11.6 Å². The second-order valence-corrected chi connectivity index (χ2v) is 10.6. The van der Waals surface area contributed by atoms with Crippen molar-refractivity contribution in [2.75, 3.05) is 36.4 Å². The van der Waals surface area contributed by atoms with Crippen LogP contribution in [0.4, 0.5) is 15.8 Å². The zero-order valence-corrected chi connectivity index (χ0v) is 21.4. The smallest absolute Gasteiger partial charge is 0.255 e. The fourth-order valence-electron chi connectivity index (χ4n) is 6.08. The van der Waals surface area contributed by atoms with E-state index in [4.69, 9.17) is 0 Å². The van der Waals surface area contributed by atoms with E-state index < -0.39 is 11.7 Å². The SMILES string of the molecule is O=C1CCN(C(=O)c2ccc(N3CC4CC(C3)c3cccc(=O)n3C4)c(NC(=O)c3ccc(F)cc3)c2)CC1. The highest BCUT2D eigenvalue weighted by Gasteiger charge is 2.35. The van der Waals surface area contributed by atoms with Crippen LogP contribution in [-0.4, -0.2) is 53.2 Å². The Balaban J connectivity index is 1.33. The van der Waals surface area contributed by atoms with Crippen LogP contribution in [0.3, 0.4) is 0 Å². The van der Waals surface area contributed by atoms with E-state index in [1.54, 1.807) is 29.2 Å². The number of benzene rings is 2. The molecule has 0 radical (unpaired) electrons. The number of likely N-dealkylation sites (tertiary alicyclic amines) is 1. The number of Topliss-reactive ketones (excluding diaryl/α,β-unsaturated/α-hetero) is 1. The molecule has 2 aromatic carbocycles. The molecular weight excluding hydrogens is 499 g/mol. The van der Waals surface area contributed by atoms with E-state index in [1.165, 1.54) is 24.3 Å². The van der Waals surface area contributed by atoms with Crippen molar-refractivity contribution in [2.24, 2.45) is 5.92 Å². The molecule has 2 unspecified atom stereocenters. The topological polar surface area (TPSA) is 91.7 Å². The lowest BCUT2D eigenvalue weighted by molar-refractivity contribution is -0.120. The molecule has 3 aliphatic rings. The van der Waals surface area contributed by atoms with Crippen molar-refractivity contribution in [1.29, 1.82) is 0 Å². The molecular formula is C30H29FN4O4. The van der Waals surface area contributed by atoms with Crippen molar-refractivity contribution in [3.05, 3.63) is 93.7 Å². The van der Waals surface area contributed by atoms with Crippen LogP contribution in [0, 0.1) is 11.7 Å². The lowest BCUT2D eigenvalue weighted by Crippen LogP contribution is -2.47. The number of halogens is 1. The lowest BCUT2D eigenvalue weighted by atomic mass is 9.83. The molecule has 3 aliphatic heterocycles. The number of piperidine rings is 2. The van der Waals surface area contributed by atoms with Crippen LogP contribution in [0.15, 0.2) is 65.5 Å². The number of pyridine rings is 1. The fraction of sp³-hybridized carbons (Fsp3) is 0.333. The molecule has 1 N–H and O–H groups in total. The first-order valence-electron chi connectivity index (χ1n) is 13.3. The summed E-state index contributed by atoms with van der Waals surface area (Å²) in [5, 5.41) is 2.96. The summed E-state index contributed by atoms with van der Waals surface area (Å²) in [6.45, 7) is 2.78. The summed E-state index contributed by atoms with van der Waals surface area (Å²) in [5.74, 6) is -0.433. The molecule has 8 nitrogen and oxygen atoms in total. The third kappa shape index (κ3) is 4.96. The molecule has 0 saturated carbocycles. The molecule has 2 amide bonds. The number of hydrogen-bond donors (Lipinski definition) is 1. The van der Waals surface area contributed by atoms with Gasteiger partial charge in [0.2, 0.25) is 0 Å². The summed E-state index contributed by atoms with van der Waals surface area (Å²) >= 11 is 0. The number of nitrogens with zero attached hydrogens (tertiary/aromatic N) is 3. The third-order valence-corrected chi connectivity index (χ3v) is 8.03. The summed E-state index contributed by atoms with van der Waals surface area (Å²) in [6, 6.07) is 16.0. The molecule has 200 valence electrons. The Morgan fingerprint density at radius 1 is 0.872 bits per heavy atom. The van der Waals surface area contributed by atoms with Gasteiger partial charge >= 0.3 is 0 Å². The number of aromatic nitrogens is 1. The summed E-state index contributed by atoms with van der Waals surface area (Å²) < 4.78 is 15.3. The monoisotopic (exact) mass is 528 g/mol. The zero-order valence-electron chi connectivity index (χ0n) is 21.4. The van der Waals surface area contributed by atoms with Gasteiger partial charge in [0.15, 0.2) is 0 Å². The average molecular weight is 529 g/mol. The van der Waals surface area contributed by atoms with Gasteiger partial charge in [0.05, 0.1) is 11.4 Å². The number of fused-ring (bicyclic) bond motifs is 4. The number of rotatable bonds is 4. The molecule has 0 aliphatic carbocycles. The molecule has 2 bridgehead atoms. The van der Waals surface area contributed by atoms with Gasteiger partial charge in [0.25, 0.3) is 17.4 Å². The molecule has 4 heterocycles. The number of carbonyl (C=O) groups is 3. The minimum Gasteiger partial charge on any atom is -0.369 e. The maximum Gasteiger partial charge on any atom is 0.255 e. The summed E-state index contributed by atoms with van der Waals surface area (Å²) in [6.07, 6.45) is 1.68. The van der Waals surface area contributed by atoms with Crippen LogP contribution in [-0.2, 0) is 11.3 Å². The molecule has 2 saturated heterocycles. The Hall–Kier alpha value is -4.27. The summed E-state index contributed by atoms with van der Waals surface area (Å²) in [4.78, 5) is 54.4. The van der Waals surface area contributed by atoms with E-state index in [-0.39, 0.29) is 29.1 Å². The Morgan fingerprint density at radius 2 is 1.62 bits per heavy atom. The van der Waals surface area contributed by atoms with Gasteiger partial charge in [-0.25, -0.2) is 4.39 Å². The molecule has 1 aromatic heterocycles. The number of hydrogen-bond acceptors (Lipinski definition) is 5. The maximum atomic E-state index is 13.4. The molecule has 3 aromatic rings. The minimum atomic E-state index is -0.431. The minimum absolute atomic E-state index is 0.0187. The van der Waals surface area contributed by atoms with Gasteiger partial charge in [-0.3, -0.25) is 19.2 Å². The van der Waals surface area contributed by atoms with Gasteiger partial charge in [0, 0.05) is 74.4 Å². The van der Waals surface area contributed by atoms with Gasteiger partial charge in [-0.2, -0.15) is 0 Å². The molecule has 9 heteroatoms. The number of anilines is 2. The third-order valence-electron chi connectivity index (χ3n) is 8.03. The highest BCUT2D eigenvalue weighted by atomic mass is 19.1. The molecule has 2 fully saturated rings. The van der Waals surface area contributed by atoms with Gasteiger partial charge < -0.3 is 19.7 Å². The molecule has 6 rings (SSSR count). The highest BCUT2D eigenvalue weighted by molar-refractivity contribution is 6.07. The standard InChI is InChI=1S/C30H29FN4O4/c31-23-7-4-20(5-8-23)29(38)32-25-15-21(30(39)33-12-10-24(36)11-13-33)6-9-27(25)34-16-19-14-22(18-34)26-2-1-3-28(37)35(26)17-19/h1-9,15,19,22H,10-14,16-18H2,(H,32,38). The Kier molecular flexibility index (Phi) is 6.50. The maximum absolute atomic E-state index is 13.4. The van der Waals surface area contributed by atoms with Crippen LogP contribution in [0.1, 0.15) is 51.6 Å². The first kappa shape index (κ1) is 25.0. The Bertz CT molecular complexity index is 1510. The first-order valence-corrected chi connectivity index (χ1v) is 13.3. The number of nitrogens with one attached hydrogen (secondary N) is 1. The van der Waals surface area contributed by atoms with E-state index in [0.29, 0.717) is 62.4 Å². The van der Waals surface area contributed by atoms with E-state index >= 15 is 0 Å². The summed E-state index contributed by atoms with van der Waals surface area (Å²) in [7, 11) is 0. The van der Waals surface area contributed by atoms with Crippen molar-refractivity contribution in [2.45, 2.75) is 31.7 Å². The van der Waals surface area contributed by atoms with Crippen molar-refractivity contribution in [3.63, 3.8) is 0 Å². The summed E-state index contributed by atoms with van der Waals surface area (Å²) in [5.41, 5.74) is 3.05. The molecule has 2 atom stereocenters. The normalized spacial score (nSPS) is 20.4. The van der Waals surface area contributed by atoms with Crippen molar-refractivity contribution in [1.82, 2.24) is 9.47 Å². The molecule has 39 heavy (non-hydrogen) atoms. The largest absolute Gasteiger partial charge is 0.369 e. The number of amides is 2. The first-order chi connectivity index (χ1) is 18.9. The van der Waals surface area contributed by atoms with E-state index in [0.717, 1.165) is 17.8 Å². The van der Waals surface area contributed by atoms with Gasteiger partial charge in [-0.1, -0.05) is 6.07 Å². The fourth-order valence-corrected chi connectivity index (χ4v) is 6.08. The predicted molar refractivity (Wildman–Crippen MR) is 145 cm³/mol. The van der Waals surface area contributed by atoms with Crippen LogP contribution in [0.2, 0.25) is 0 Å².